The topological polar surface area (TPSA) is 56.7 Å². The van der Waals surface area contributed by atoms with E-state index in [1.54, 1.807) is 0 Å². The summed E-state index contributed by atoms with van der Waals surface area (Å²) >= 11 is 0. The molecule has 0 aliphatic carbocycles. The van der Waals surface area contributed by atoms with Crippen molar-refractivity contribution in [3.8, 4) is 39.9 Å². The van der Waals surface area contributed by atoms with Gasteiger partial charge in [0.25, 0.3) is 0 Å². The van der Waals surface area contributed by atoms with Crippen LogP contribution in [0.5, 0.6) is 0 Å². The lowest BCUT2D eigenvalue weighted by Gasteiger charge is -2.11. The van der Waals surface area contributed by atoms with E-state index in [9.17, 15) is 0 Å². The molecule has 0 amide bonds. The smallest absolute Gasteiger partial charge is 0.238 e. The average molecular weight is 565 g/mol. The summed E-state index contributed by atoms with van der Waals surface area (Å²) in [5, 5.41) is 4.39. The highest BCUT2D eigenvalue weighted by molar-refractivity contribution is 6.10. The summed E-state index contributed by atoms with van der Waals surface area (Å²) in [6.45, 7) is 0. The Morgan fingerprint density at radius 2 is 1.05 bits per heavy atom. The molecule has 0 bridgehead atoms. The highest BCUT2D eigenvalue weighted by Gasteiger charge is 2.20. The predicted octanol–water partition coefficient (Wildman–Crippen LogP) is 9.87. The van der Waals surface area contributed by atoms with Crippen molar-refractivity contribution in [2.45, 2.75) is 0 Å². The Morgan fingerprint density at radius 3 is 1.77 bits per heavy atom. The van der Waals surface area contributed by atoms with Crippen molar-refractivity contribution in [1.82, 2.24) is 19.5 Å². The van der Waals surface area contributed by atoms with Crippen molar-refractivity contribution < 1.29 is 4.42 Å². The van der Waals surface area contributed by atoms with Gasteiger partial charge in [0.1, 0.15) is 11.2 Å². The predicted molar refractivity (Wildman–Crippen MR) is 178 cm³/mol. The van der Waals surface area contributed by atoms with Crippen molar-refractivity contribution in [1.29, 1.82) is 0 Å². The summed E-state index contributed by atoms with van der Waals surface area (Å²) < 4.78 is 8.74. The molecule has 6 aromatic carbocycles. The van der Waals surface area contributed by atoms with Gasteiger partial charge in [-0.25, -0.2) is 4.98 Å². The summed E-state index contributed by atoms with van der Waals surface area (Å²) in [6.07, 6.45) is 0. The van der Waals surface area contributed by atoms with Crippen LogP contribution in [0.1, 0.15) is 0 Å². The quantitative estimate of drug-likeness (QED) is 0.213. The first-order valence-electron chi connectivity index (χ1n) is 14.6. The third-order valence-electron chi connectivity index (χ3n) is 8.28. The molecule has 0 fully saturated rings. The van der Waals surface area contributed by atoms with E-state index in [2.05, 4.69) is 102 Å². The number of aromatic nitrogens is 4. The number of para-hydroxylation sites is 3. The Hall–Kier alpha value is -6.07. The molecule has 44 heavy (non-hydrogen) atoms. The van der Waals surface area contributed by atoms with Crippen LogP contribution in [0.15, 0.2) is 150 Å². The monoisotopic (exact) mass is 564 g/mol. The van der Waals surface area contributed by atoms with E-state index in [-0.39, 0.29) is 0 Å². The Kier molecular flexibility index (Phi) is 5.43. The maximum atomic E-state index is 6.61. The van der Waals surface area contributed by atoms with Gasteiger partial charge in [-0.3, -0.25) is 4.57 Å². The first kappa shape index (κ1) is 24.5. The normalized spacial score (nSPS) is 11.6. The number of fused-ring (bicyclic) bond motifs is 6. The first-order valence-corrected chi connectivity index (χ1v) is 14.6. The van der Waals surface area contributed by atoms with E-state index >= 15 is 0 Å². The molecule has 0 unspecified atom stereocenters. The van der Waals surface area contributed by atoms with Crippen molar-refractivity contribution in [2.24, 2.45) is 0 Å². The maximum absolute atomic E-state index is 6.61. The molecule has 9 aromatic rings. The van der Waals surface area contributed by atoms with Gasteiger partial charge in [-0.15, -0.1) is 0 Å². The second-order valence-electron chi connectivity index (χ2n) is 10.9. The second kappa shape index (κ2) is 9.75. The zero-order valence-electron chi connectivity index (χ0n) is 23.6. The van der Waals surface area contributed by atoms with Crippen molar-refractivity contribution in [3.05, 3.63) is 146 Å². The number of benzene rings is 6. The van der Waals surface area contributed by atoms with E-state index in [0.717, 1.165) is 66.0 Å². The van der Waals surface area contributed by atoms with Crippen LogP contribution in [-0.2, 0) is 0 Å². The molecule has 5 nitrogen and oxygen atoms in total. The van der Waals surface area contributed by atoms with Crippen LogP contribution in [-0.4, -0.2) is 19.5 Å². The minimum absolute atomic E-state index is 0.559. The lowest BCUT2D eigenvalue weighted by molar-refractivity contribution is 0.669. The van der Waals surface area contributed by atoms with Crippen LogP contribution >= 0.6 is 0 Å². The van der Waals surface area contributed by atoms with Crippen molar-refractivity contribution in [2.75, 3.05) is 0 Å². The summed E-state index contributed by atoms with van der Waals surface area (Å²) in [7, 11) is 0. The van der Waals surface area contributed by atoms with Gasteiger partial charge in [-0.1, -0.05) is 115 Å². The molecule has 0 N–H and O–H groups in total. The van der Waals surface area contributed by atoms with Gasteiger partial charge >= 0.3 is 0 Å². The minimum atomic E-state index is 0.559. The fourth-order valence-corrected chi connectivity index (χ4v) is 6.22. The van der Waals surface area contributed by atoms with Crippen molar-refractivity contribution >= 4 is 43.7 Å². The van der Waals surface area contributed by atoms with E-state index in [0.29, 0.717) is 17.6 Å². The summed E-state index contributed by atoms with van der Waals surface area (Å²) in [5.41, 5.74) is 7.67. The molecule has 3 heterocycles. The Bertz CT molecular complexity index is 2440. The molecule has 5 heteroatoms. The molecule has 3 aromatic heterocycles. The molecule has 0 saturated carbocycles. The van der Waals surface area contributed by atoms with Crippen LogP contribution in [0.25, 0.3) is 83.6 Å². The summed E-state index contributed by atoms with van der Waals surface area (Å²) in [4.78, 5) is 15.2. The number of rotatable bonds is 4. The second-order valence-corrected chi connectivity index (χ2v) is 10.9. The third-order valence-corrected chi connectivity index (χ3v) is 8.28. The molecule has 0 aliphatic heterocycles. The molecule has 0 radical (unpaired) electrons. The SMILES string of the molecule is c1ccc(-c2ccc3c(c2)oc2c(-c4nc(-c5ccccc5)nc(-n5c6ccccc6c6ccccc65)n4)cccc23)cc1. The first-order chi connectivity index (χ1) is 21.8. The standard InChI is InChI=1S/C39H24N4O/c1-3-12-25(13-4-1)27-22-23-30-31-18-11-19-32(36(31)44-35(30)24-27)38-40-37(26-14-5-2-6-15-26)41-39(42-38)43-33-20-9-7-16-28(33)29-17-8-10-21-34(29)43/h1-24H. The third kappa shape index (κ3) is 3.83. The van der Waals surface area contributed by atoms with E-state index in [4.69, 9.17) is 19.4 Å². The Labute approximate surface area is 252 Å². The lowest BCUT2D eigenvalue weighted by Crippen LogP contribution is -2.06. The molecule has 0 saturated heterocycles. The molecular weight excluding hydrogens is 540 g/mol. The van der Waals surface area contributed by atoms with Crippen LogP contribution in [0.3, 0.4) is 0 Å². The van der Waals surface area contributed by atoms with Crippen LogP contribution in [0, 0.1) is 0 Å². The van der Waals surface area contributed by atoms with Gasteiger partial charge in [0.05, 0.1) is 16.6 Å². The van der Waals surface area contributed by atoms with Gasteiger partial charge in [0, 0.05) is 27.1 Å². The summed E-state index contributed by atoms with van der Waals surface area (Å²) in [6, 6.07) is 49.8. The van der Waals surface area contributed by atoms with Crippen LogP contribution in [0.4, 0.5) is 0 Å². The number of furan rings is 1. The Morgan fingerprint density at radius 1 is 0.432 bits per heavy atom. The maximum Gasteiger partial charge on any atom is 0.238 e. The molecule has 206 valence electrons. The van der Waals surface area contributed by atoms with Crippen molar-refractivity contribution in [3.63, 3.8) is 0 Å². The molecule has 0 spiro atoms. The van der Waals surface area contributed by atoms with Gasteiger partial charge < -0.3 is 4.42 Å². The highest BCUT2D eigenvalue weighted by Crippen LogP contribution is 2.38. The van der Waals surface area contributed by atoms with Crippen LogP contribution < -0.4 is 0 Å². The average Bonchev–Trinajstić information content (AvgIpc) is 3.64. The molecule has 9 rings (SSSR count). The lowest BCUT2D eigenvalue weighted by atomic mass is 10.0. The number of hydrogen-bond acceptors (Lipinski definition) is 4. The van der Waals surface area contributed by atoms with E-state index < -0.39 is 0 Å². The van der Waals surface area contributed by atoms with Gasteiger partial charge in [0.15, 0.2) is 11.6 Å². The molecule has 0 aliphatic rings. The molecule has 0 atom stereocenters. The zero-order valence-corrected chi connectivity index (χ0v) is 23.6. The van der Waals surface area contributed by atoms with Gasteiger partial charge in [-0.2, -0.15) is 9.97 Å². The fourth-order valence-electron chi connectivity index (χ4n) is 6.22. The number of nitrogens with zero attached hydrogens (tertiary/aromatic N) is 4. The van der Waals surface area contributed by atoms with E-state index in [1.807, 2.05) is 48.5 Å². The zero-order chi connectivity index (χ0) is 29.0. The summed E-state index contributed by atoms with van der Waals surface area (Å²) in [5.74, 6) is 1.72. The van der Waals surface area contributed by atoms with E-state index in [1.165, 1.54) is 0 Å². The minimum Gasteiger partial charge on any atom is -0.455 e. The highest BCUT2D eigenvalue weighted by atomic mass is 16.3. The van der Waals surface area contributed by atoms with Gasteiger partial charge in [0.2, 0.25) is 5.95 Å². The fraction of sp³-hybridized carbons (Fsp3) is 0. The number of hydrogen-bond donors (Lipinski definition) is 0. The largest absolute Gasteiger partial charge is 0.455 e. The Balaban J connectivity index is 1.31. The van der Waals surface area contributed by atoms with Gasteiger partial charge in [-0.05, 0) is 41.5 Å². The molecular formula is C39H24N4O. The van der Waals surface area contributed by atoms with Crippen LogP contribution in [0.2, 0.25) is 0 Å².